The van der Waals surface area contributed by atoms with Gasteiger partial charge in [-0.25, -0.2) is 0 Å². The Morgan fingerprint density at radius 2 is 1.96 bits per heavy atom. The van der Waals surface area contributed by atoms with Crippen molar-refractivity contribution >= 4 is 39.1 Å². The SMILES string of the molecule is CC[C@@H]1CCCC[C@@H]1N(C)C(=O)CN(C)C(=O)c1ccc(Br)s1. The summed E-state index contributed by atoms with van der Waals surface area (Å²) in [5, 5.41) is 0. The lowest BCUT2D eigenvalue weighted by Crippen LogP contribution is -2.47. The van der Waals surface area contributed by atoms with Gasteiger partial charge in [0.1, 0.15) is 0 Å². The van der Waals surface area contributed by atoms with E-state index >= 15 is 0 Å². The van der Waals surface area contributed by atoms with Crippen LogP contribution in [0.15, 0.2) is 15.9 Å². The number of amides is 2. The summed E-state index contributed by atoms with van der Waals surface area (Å²) in [6, 6.07) is 3.96. The van der Waals surface area contributed by atoms with Gasteiger partial charge < -0.3 is 9.80 Å². The first-order valence-corrected chi connectivity index (χ1v) is 9.81. The summed E-state index contributed by atoms with van der Waals surface area (Å²) in [6.45, 7) is 2.34. The number of likely N-dealkylation sites (N-methyl/N-ethyl adjacent to an activating group) is 2. The smallest absolute Gasteiger partial charge is 0.264 e. The van der Waals surface area contributed by atoms with Gasteiger partial charge in [-0.15, -0.1) is 11.3 Å². The number of hydrogen-bond donors (Lipinski definition) is 0. The molecule has 0 saturated heterocycles. The van der Waals surface area contributed by atoms with E-state index in [1.165, 1.54) is 35.5 Å². The average molecular weight is 401 g/mol. The van der Waals surface area contributed by atoms with Gasteiger partial charge in [0, 0.05) is 20.1 Å². The fourth-order valence-electron chi connectivity index (χ4n) is 3.36. The molecular formula is C17H25BrN2O2S. The number of nitrogens with zero attached hydrogens (tertiary/aromatic N) is 2. The van der Waals surface area contributed by atoms with E-state index in [9.17, 15) is 9.59 Å². The standard InChI is InChI=1S/C17H25BrN2O2S/c1-4-12-7-5-6-8-13(12)20(3)16(21)11-19(2)17(22)14-9-10-15(18)23-14/h9-10,12-13H,4-8,11H2,1-3H3/t12-,13+/m1/s1. The molecule has 1 heterocycles. The Bertz CT molecular complexity index is 561. The van der Waals surface area contributed by atoms with Crippen molar-refractivity contribution in [2.45, 2.75) is 45.1 Å². The van der Waals surface area contributed by atoms with Gasteiger partial charge in [0.2, 0.25) is 5.91 Å². The number of carbonyl (C=O) groups excluding carboxylic acids is 2. The molecule has 4 nitrogen and oxygen atoms in total. The number of hydrogen-bond acceptors (Lipinski definition) is 3. The maximum atomic E-state index is 12.6. The normalized spacial score (nSPS) is 21.0. The second-order valence-corrected chi connectivity index (χ2v) is 8.75. The minimum Gasteiger partial charge on any atom is -0.341 e. The third kappa shape index (κ3) is 4.57. The summed E-state index contributed by atoms with van der Waals surface area (Å²) >= 11 is 4.76. The molecule has 2 atom stereocenters. The van der Waals surface area contributed by atoms with Gasteiger partial charge in [-0.3, -0.25) is 9.59 Å². The molecule has 1 fully saturated rings. The maximum Gasteiger partial charge on any atom is 0.264 e. The van der Waals surface area contributed by atoms with Gasteiger partial charge in [-0.2, -0.15) is 0 Å². The van der Waals surface area contributed by atoms with Crippen LogP contribution in [-0.2, 0) is 4.79 Å². The number of rotatable bonds is 5. The van der Waals surface area contributed by atoms with E-state index in [2.05, 4.69) is 22.9 Å². The molecule has 6 heteroatoms. The molecule has 2 amide bonds. The highest BCUT2D eigenvalue weighted by molar-refractivity contribution is 9.11. The lowest BCUT2D eigenvalue weighted by atomic mass is 9.82. The Morgan fingerprint density at radius 1 is 1.26 bits per heavy atom. The molecule has 1 aromatic heterocycles. The summed E-state index contributed by atoms with van der Waals surface area (Å²) in [4.78, 5) is 29.0. The van der Waals surface area contributed by atoms with Gasteiger partial charge in [0.25, 0.3) is 5.91 Å². The van der Waals surface area contributed by atoms with E-state index in [1.807, 2.05) is 18.0 Å². The molecule has 2 rings (SSSR count). The van der Waals surface area contributed by atoms with Gasteiger partial charge in [-0.1, -0.05) is 26.2 Å². The molecule has 0 spiro atoms. The predicted octanol–water partition coefficient (Wildman–Crippen LogP) is 4.01. The van der Waals surface area contributed by atoms with Crippen molar-refractivity contribution in [1.82, 2.24) is 9.80 Å². The van der Waals surface area contributed by atoms with Gasteiger partial charge >= 0.3 is 0 Å². The molecule has 0 aromatic carbocycles. The first-order chi connectivity index (χ1) is 10.9. The first kappa shape index (κ1) is 18.5. The Balaban J connectivity index is 1.95. The monoisotopic (exact) mass is 400 g/mol. The molecule has 23 heavy (non-hydrogen) atoms. The highest BCUT2D eigenvalue weighted by Gasteiger charge is 2.30. The Hall–Kier alpha value is -0.880. The van der Waals surface area contributed by atoms with Crippen LogP contribution in [0.2, 0.25) is 0 Å². The van der Waals surface area contributed by atoms with E-state index in [0.29, 0.717) is 16.8 Å². The van der Waals surface area contributed by atoms with E-state index in [1.54, 1.807) is 13.1 Å². The molecule has 0 unspecified atom stereocenters. The van der Waals surface area contributed by atoms with Crippen molar-refractivity contribution in [2.24, 2.45) is 5.92 Å². The van der Waals surface area contributed by atoms with Crippen LogP contribution in [0.4, 0.5) is 0 Å². The minimum absolute atomic E-state index is 0.0295. The zero-order valence-corrected chi connectivity index (χ0v) is 16.5. The van der Waals surface area contributed by atoms with Crippen molar-refractivity contribution in [3.05, 3.63) is 20.8 Å². The van der Waals surface area contributed by atoms with Crippen LogP contribution in [0.3, 0.4) is 0 Å². The maximum absolute atomic E-state index is 12.6. The van der Waals surface area contributed by atoms with Crippen molar-refractivity contribution in [3.63, 3.8) is 0 Å². The quantitative estimate of drug-likeness (QED) is 0.748. The third-order valence-electron chi connectivity index (χ3n) is 4.79. The van der Waals surface area contributed by atoms with Gasteiger partial charge in [-0.05, 0) is 46.8 Å². The van der Waals surface area contributed by atoms with Crippen LogP contribution >= 0.6 is 27.3 Å². The van der Waals surface area contributed by atoms with Crippen LogP contribution in [0.1, 0.15) is 48.7 Å². The topological polar surface area (TPSA) is 40.6 Å². The molecule has 1 aromatic rings. The van der Waals surface area contributed by atoms with Crippen LogP contribution in [0, 0.1) is 5.92 Å². The Labute approximate surface area is 151 Å². The number of halogens is 1. The zero-order chi connectivity index (χ0) is 17.0. The molecule has 1 saturated carbocycles. The van der Waals surface area contributed by atoms with Crippen molar-refractivity contribution < 1.29 is 9.59 Å². The van der Waals surface area contributed by atoms with E-state index in [0.717, 1.165) is 16.6 Å². The fraction of sp³-hybridized carbons (Fsp3) is 0.647. The fourth-order valence-corrected chi connectivity index (χ4v) is 4.74. The highest BCUT2D eigenvalue weighted by Crippen LogP contribution is 2.30. The second-order valence-electron chi connectivity index (χ2n) is 6.29. The molecule has 1 aliphatic carbocycles. The van der Waals surface area contributed by atoms with E-state index < -0.39 is 0 Å². The summed E-state index contributed by atoms with van der Waals surface area (Å²) in [6.07, 6.45) is 5.85. The number of thiophene rings is 1. The molecule has 0 N–H and O–H groups in total. The van der Waals surface area contributed by atoms with Crippen LogP contribution in [0.5, 0.6) is 0 Å². The molecular weight excluding hydrogens is 376 g/mol. The largest absolute Gasteiger partial charge is 0.341 e. The van der Waals surface area contributed by atoms with Crippen LogP contribution in [-0.4, -0.2) is 48.3 Å². The average Bonchev–Trinajstić information content (AvgIpc) is 2.99. The Kier molecular flexibility index (Phi) is 6.65. The first-order valence-electron chi connectivity index (χ1n) is 8.20. The highest BCUT2D eigenvalue weighted by atomic mass is 79.9. The zero-order valence-electron chi connectivity index (χ0n) is 14.0. The Morgan fingerprint density at radius 3 is 2.57 bits per heavy atom. The molecule has 128 valence electrons. The number of carbonyl (C=O) groups is 2. The van der Waals surface area contributed by atoms with Crippen molar-refractivity contribution in [2.75, 3.05) is 20.6 Å². The van der Waals surface area contributed by atoms with Gasteiger partial charge in [0.15, 0.2) is 0 Å². The van der Waals surface area contributed by atoms with Crippen molar-refractivity contribution in [3.8, 4) is 0 Å². The van der Waals surface area contributed by atoms with Crippen LogP contribution in [0.25, 0.3) is 0 Å². The summed E-state index contributed by atoms with van der Waals surface area (Å²) < 4.78 is 0.922. The molecule has 0 radical (unpaired) electrons. The van der Waals surface area contributed by atoms with Crippen molar-refractivity contribution in [1.29, 1.82) is 0 Å². The van der Waals surface area contributed by atoms with Crippen LogP contribution < -0.4 is 0 Å². The minimum atomic E-state index is -0.0989. The summed E-state index contributed by atoms with van der Waals surface area (Å²) in [5.74, 6) is 0.520. The third-order valence-corrected chi connectivity index (χ3v) is 6.40. The van der Waals surface area contributed by atoms with Gasteiger partial charge in [0.05, 0.1) is 15.2 Å². The lowest BCUT2D eigenvalue weighted by molar-refractivity contribution is -0.134. The lowest BCUT2D eigenvalue weighted by Gasteiger charge is -2.38. The molecule has 1 aliphatic rings. The molecule has 0 bridgehead atoms. The predicted molar refractivity (Wildman–Crippen MR) is 97.8 cm³/mol. The summed E-state index contributed by atoms with van der Waals surface area (Å²) in [7, 11) is 3.58. The van der Waals surface area contributed by atoms with E-state index in [4.69, 9.17) is 0 Å². The summed E-state index contributed by atoms with van der Waals surface area (Å²) in [5.41, 5.74) is 0. The molecule has 0 aliphatic heterocycles. The van der Waals surface area contributed by atoms with E-state index in [-0.39, 0.29) is 18.4 Å². The second kappa shape index (κ2) is 8.29.